The lowest BCUT2D eigenvalue weighted by Crippen LogP contribution is -2.32. The fourth-order valence-corrected chi connectivity index (χ4v) is 1.45. The third-order valence-electron chi connectivity index (χ3n) is 2.39. The van der Waals surface area contributed by atoms with Crippen LogP contribution in [0.5, 0.6) is 5.75 Å². The van der Waals surface area contributed by atoms with Gasteiger partial charge in [-0.05, 0) is 25.0 Å². The molecule has 0 radical (unpaired) electrons. The zero-order valence-electron chi connectivity index (χ0n) is 11.6. The van der Waals surface area contributed by atoms with Crippen LogP contribution < -0.4 is 15.4 Å². The number of anilines is 1. The maximum absolute atomic E-state index is 13.5. The highest BCUT2D eigenvalue weighted by atomic mass is 19.1. The van der Waals surface area contributed by atoms with Crippen molar-refractivity contribution >= 4 is 11.6 Å². The molecule has 0 aliphatic heterocycles. The van der Waals surface area contributed by atoms with Crippen LogP contribution in [0.1, 0.15) is 20.8 Å². The first-order chi connectivity index (χ1) is 9.02. The summed E-state index contributed by atoms with van der Waals surface area (Å²) in [6, 6.07) is 4.55. The predicted molar refractivity (Wildman–Crippen MR) is 73.9 cm³/mol. The van der Waals surface area contributed by atoms with E-state index < -0.39 is 5.82 Å². The number of rotatable bonds is 7. The van der Waals surface area contributed by atoms with Gasteiger partial charge in [-0.1, -0.05) is 13.8 Å². The van der Waals surface area contributed by atoms with Crippen molar-refractivity contribution in [2.24, 2.45) is 5.92 Å². The first-order valence-corrected chi connectivity index (χ1v) is 6.45. The molecule has 0 aliphatic rings. The van der Waals surface area contributed by atoms with Crippen LogP contribution in [0.2, 0.25) is 0 Å². The second kappa shape index (κ2) is 7.61. The zero-order chi connectivity index (χ0) is 14.3. The average Bonchev–Trinajstić information content (AvgIpc) is 2.37. The van der Waals surface area contributed by atoms with Gasteiger partial charge in [-0.25, -0.2) is 4.39 Å². The fourth-order valence-electron chi connectivity index (χ4n) is 1.45. The van der Waals surface area contributed by atoms with Crippen molar-refractivity contribution in [2.75, 3.05) is 25.0 Å². The van der Waals surface area contributed by atoms with E-state index in [1.54, 1.807) is 19.1 Å². The summed E-state index contributed by atoms with van der Waals surface area (Å²) >= 11 is 0. The van der Waals surface area contributed by atoms with Gasteiger partial charge < -0.3 is 15.4 Å². The number of hydrogen-bond acceptors (Lipinski definition) is 3. The Hall–Kier alpha value is -1.78. The Morgan fingerprint density at radius 2 is 2.16 bits per heavy atom. The molecule has 0 saturated carbocycles. The number of nitrogens with one attached hydrogen (secondary N) is 2. The molecule has 0 unspecified atom stereocenters. The van der Waals surface area contributed by atoms with Gasteiger partial charge >= 0.3 is 0 Å². The van der Waals surface area contributed by atoms with Crippen molar-refractivity contribution in [3.63, 3.8) is 0 Å². The maximum atomic E-state index is 13.5. The minimum Gasteiger partial charge on any atom is -0.491 e. The summed E-state index contributed by atoms with van der Waals surface area (Å²) in [6.45, 7) is 7.02. The van der Waals surface area contributed by atoms with E-state index in [1.165, 1.54) is 6.07 Å². The van der Waals surface area contributed by atoms with Crippen LogP contribution in [0, 0.1) is 11.7 Å². The van der Waals surface area contributed by atoms with Gasteiger partial charge in [0.25, 0.3) is 0 Å². The molecule has 0 atom stereocenters. The third-order valence-corrected chi connectivity index (χ3v) is 2.39. The van der Waals surface area contributed by atoms with Crippen LogP contribution in [-0.4, -0.2) is 25.6 Å². The minimum atomic E-state index is -0.436. The number of ether oxygens (including phenoxy) is 1. The Labute approximate surface area is 113 Å². The molecular formula is C14H21FN2O2. The summed E-state index contributed by atoms with van der Waals surface area (Å²) in [7, 11) is 0. The number of benzene rings is 1. The number of halogens is 1. The van der Waals surface area contributed by atoms with Gasteiger partial charge in [0.1, 0.15) is 0 Å². The molecule has 0 aliphatic carbocycles. The molecule has 0 aromatic heterocycles. The van der Waals surface area contributed by atoms with Gasteiger partial charge in [0.05, 0.1) is 13.2 Å². The van der Waals surface area contributed by atoms with E-state index in [9.17, 15) is 9.18 Å². The second-order valence-corrected chi connectivity index (χ2v) is 4.63. The smallest absolute Gasteiger partial charge is 0.239 e. The normalized spacial score (nSPS) is 10.4. The molecule has 0 heterocycles. The molecule has 0 spiro atoms. The van der Waals surface area contributed by atoms with Crippen LogP contribution in [0.15, 0.2) is 18.2 Å². The van der Waals surface area contributed by atoms with E-state index in [2.05, 4.69) is 10.6 Å². The van der Waals surface area contributed by atoms with Crippen LogP contribution in [-0.2, 0) is 4.79 Å². The Kier molecular flexibility index (Phi) is 6.12. The molecule has 5 heteroatoms. The molecule has 1 amide bonds. The van der Waals surface area contributed by atoms with E-state index in [-0.39, 0.29) is 18.2 Å². The SMILES string of the molecule is CCOc1ccc(NCC(=O)NCC(C)C)cc1F. The lowest BCUT2D eigenvalue weighted by atomic mass is 10.2. The predicted octanol–water partition coefficient (Wildman–Crippen LogP) is 2.41. The van der Waals surface area contributed by atoms with Gasteiger partial charge in [-0.3, -0.25) is 4.79 Å². The molecular weight excluding hydrogens is 247 g/mol. The van der Waals surface area contributed by atoms with Crippen LogP contribution >= 0.6 is 0 Å². The van der Waals surface area contributed by atoms with E-state index in [1.807, 2.05) is 13.8 Å². The molecule has 4 nitrogen and oxygen atoms in total. The Balaban J connectivity index is 2.45. The Bertz CT molecular complexity index is 422. The van der Waals surface area contributed by atoms with Crippen molar-refractivity contribution in [1.29, 1.82) is 0 Å². The molecule has 1 aromatic rings. The lowest BCUT2D eigenvalue weighted by molar-refractivity contribution is -0.119. The highest BCUT2D eigenvalue weighted by Gasteiger charge is 2.06. The maximum Gasteiger partial charge on any atom is 0.239 e. The van der Waals surface area contributed by atoms with E-state index >= 15 is 0 Å². The molecule has 1 aromatic carbocycles. The molecule has 106 valence electrons. The quantitative estimate of drug-likeness (QED) is 0.798. The molecule has 0 bridgehead atoms. The highest BCUT2D eigenvalue weighted by molar-refractivity contribution is 5.80. The lowest BCUT2D eigenvalue weighted by Gasteiger charge is -2.10. The molecule has 1 rings (SSSR count). The molecule has 0 fully saturated rings. The number of carbonyl (C=O) groups is 1. The number of carbonyl (C=O) groups excluding carboxylic acids is 1. The summed E-state index contributed by atoms with van der Waals surface area (Å²) < 4.78 is 18.6. The summed E-state index contributed by atoms with van der Waals surface area (Å²) in [5.74, 6) is 0.0848. The molecule has 19 heavy (non-hydrogen) atoms. The monoisotopic (exact) mass is 268 g/mol. The summed E-state index contributed by atoms with van der Waals surface area (Å²) in [5, 5.41) is 5.65. The minimum absolute atomic E-state index is 0.108. The van der Waals surface area contributed by atoms with Crippen molar-refractivity contribution in [1.82, 2.24) is 5.32 Å². The van der Waals surface area contributed by atoms with Crippen LogP contribution in [0.25, 0.3) is 0 Å². The van der Waals surface area contributed by atoms with Crippen LogP contribution in [0.4, 0.5) is 10.1 Å². The summed E-state index contributed by atoms with van der Waals surface area (Å²) in [5.41, 5.74) is 0.556. The number of hydrogen-bond donors (Lipinski definition) is 2. The first kappa shape index (κ1) is 15.3. The largest absolute Gasteiger partial charge is 0.491 e. The van der Waals surface area contributed by atoms with E-state index in [0.29, 0.717) is 24.8 Å². The Morgan fingerprint density at radius 1 is 1.42 bits per heavy atom. The molecule has 0 saturated heterocycles. The zero-order valence-corrected chi connectivity index (χ0v) is 11.6. The molecule has 2 N–H and O–H groups in total. The van der Waals surface area contributed by atoms with Gasteiger partial charge in [0.2, 0.25) is 5.91 Å². The van der Waals surface area contributed by atoms with E-state index in [0.717, 1.165) is 0 Å². The second-order valence-electron chi connectivity index (χ2n) is 4.63. The summed E-state index contributed by atoms with van der Waals surface area (Å²) in [4.78, 5) is 11.5. The van der Waals surface area contributed by atoms with Gasteiger partial charge in [0.15, 0.2) is 11.6 Å². The van der Waals surface area contributed by atoms with Crippen molar-refractivity contribution < 1.29 is 13.9 Å². The van der Waals surface area contributed by atoms with Crippen molar-refractivity contribution in [3.05, 3.63) is 24.0 Å². The average molecular weight is 268 g/mol. The van der Waals surface area contributed by atoms with Gasteiger partial charge in [0, 0.05) is 18.3 Å². The topological polar surface area (TPSA) is 50.4 Å². The van der Waals surface area contributed by atoms with Crippen molar-refractivity contribution in [3.8, 4) is 5.75 Å². The first-order valence-electron chi connectivity index (χ1n) is 6.45. The summed E-state index contributed by atoms with van der Waals surface area (Å²) in [6.07, 6.45) is 0. The standard InChI is InChI=1S/C14H21FN2O2/c1-4-19-13-6-5-11(7-12(13)15)16-9-14(18)17-8-10(2)3/h5-7,10,16H,4,8-9H2,1-3H3,(H,17,18). The Morgan fingerprint density at radius 3 is 2.74 bits per heavy atom. The van der Waals surface area contributed by atoms with E-state index in [4.69, 9.17) is 4.74 Å². The fraction of sp³-hybridized carbons (Fsp3) is 0.500. The van der Waals surface area contributed by atoms with Gasteiger partial charge in [-0.15, -0.1) is 0 Å². The highest BCUT2D eigenvalue weighted by Crippen LogP contribution is 2.20. The van der Waals surface area contributed by atoms with Crippen LogP contribution in [0.3, 0.4) is 0 Å². The van der Waals surface area contributed by atoms with Gasteiger partial charge in [-0.2, -0.15) is 0 Å². The number of amides is 1. The third kappa shape index (κ3) is 5.59. The van der Waals surface area contributed by atoms with Crippen molar-refractivity contribution in [2.45, 2.75) is 20.8 Å².